The second-order valence-electron chi connectivity index (χ2n) is 6.98. The van der Waals surface area contributed by atoms with E-state index in [1.54, 1.807) is 37.8 Å². The summed E-state index contributed by atoms with van der Waals surface area (Å²) in [5, 5.41) is 23.8. The number of fused-ring (bicyclic) bond motifs is 1. The van der Waals surface area contributed by atoms with Crippen LogP contribution in [0.15, 0.2) is 67.4 Å². The van der Waals surface area contributed by atoms with Crippen LogP contribution >= 0.6 is 0 Å². The first-order chi connectivity index (χ1) is 15.6. The molecule has 0 aliphatic carbocycles. The quantitative estimate of drug-likeness (QED) is 0.263. The molecule has 0 amide bonds. The number of anilines is 1. The highest BCUT2D eigenvalue weighted by Gasteiger charge is 2.10. The van der Waals surface area contributed by atoms with Gasteiger partial charge in [-0.25, -0.2) is 15.0 Å². The van der Waals surface area contributed by atoms with Gasteiger partial charge < -0.3 is 20.5 Å². The first-order valence-electron chi connectivity index (χ1n) is 9.91. The number of aromatic hydroxyl groups is 1. The lowest BCUT2D eigenvalue weighted by Crippen LogP contribution is -2.07. The smallest absolute Gasteiger partial charge is 0.215 e. The number of ether oxygens (including phenoxy) is 1. The van der Waals surface area contributed by atoms with Crippen LogP contribution in [0.4, 0.5) is 5.82 Å². The number of methoxy groups -OCH3 is 1. The van der Waals surface area contributed by atoms with Gasteiger partial charge in [-0.05, 0) is 17.2 Å². The predicted molar refractivity (Wildman–Crippen MR) is 123 cm³/mol. The summed E-state index contributed by atoms with van der Waals surface area (Å²) < 4.78 is 6.92. The molecule has 32 heavy (non-hydrogen) atoms. The van der Waals surface area contributed by atoms with Crippen molar-refractivity contribution in [2.45, 2.75) is 6.54 Å². The standard InChI is InChI=1S/C23H23N7O2/c1-25-12-18(23(24)32-2)16-5-3-15(4-6-16)11-26-21-10-19(28-14-29-21)20-13-27-22-9-17(31)7-8-30(20)22/h3-10,12-14,24-25,31H,11H2,1-2H3,(H,26,28,29)/b18-12-,24-23?. The number of hydrogen-bond acceptors (Lipinski definition) is 8. The third-order valence-electron chi connectivity index (χ3n) is 4.90. The molecule has 9 nitrogen and oxygen atoms in total. The van der Waals surface area contributed by atoms with Gasteiger partial charge in [0.1, 0.15) is 23.5 Å². The van der Waals surface area contributed by atoms with E-state index in [2.05, 4.69) is 25.6 Å². The molecule has 162 valence electrons. The number of imidazole rings is 1. The number of pyridine rings is 1. The molecule has 3 aromatic heterocycles. The Balaban J connectivity index is 1.49. The fourth-order valence-electron chi connectivity index (χ4n) is 3.28. The van der Waals surface area contributed by atoms with Gasteiger partial charge in [0, 0.05) is 38.1 Å². The normalized spacial score (nSPS) is 11.4. The van der Waals surface area contributed by atoms with Crippen molar-refractivity contribution in [3.05, 3.63) is 78.5 Å². The van der Waals surface area contributed by atoms with E-state index in [1.165, 1.54) is 13.4 Å². The van der Waals surface area contributed by atoms with Crippen molar-refractivity contribution in [1.82, 2.24) is 24.7 Å². The zero-order valence-corrected chi connectivity index (χ0v) is 17.7. The molecule has 0 saturated carbocycles. The summed E-state index contributed by atoms with van der Waals surface area (Å²) in [4.78, 5) is 13.0. The molecular formula is C23H23N7O2. The van der Waals surface area contributed by atoms with Crippen molar-refractivity contribution < 1.29 is 9.84 Å². The highest BCUT2D eigenvalue weighted by atomic mass is 16.5. The fraction of sp³-hybridized carbons (Fsp3) is 0.130. The molecule has 4 aromatic rings. The largest absolute Gasteiger partial charge is 0.508 e. The monoisotopic (exact) mass is 429 g/mol. The summed E-state index contributed by atoms with van der Waals surface area (Å²) in [6.45, 7) is 0.574. The average Bonchev–Trinajstić information content (AvgIpc) is 3.24. The number of benzene rings is 1. The molecule has 0 radical (unpaired) electrons. The minimum absolute atomic E-state index is 0.0985. The number of aromatic nitrogens is 4. The van der Waals surface area contributed by atoms with Crippen LogP contribution in [0.5, 0.6) is 5.75 Å². The van der Waals surface area contributed by atoms with Gasteiger partial charge in [0.15, 0.2) is 0 Å². The summed E-state index contributed by atoms with van der Waals surface area (Å²) in [6, 6.07) is 13.0. The molecule has 3 heterocycles. The SMILES string of the molecule is CN/C=C(\C(=N)OC)c1ccc(CNc2cc(-c3cnc4cc(O)ccn34)ncn2)cc1. The Morgan fingerprint density at radius 2 is 1.97 bits per heavy atom. The number of nitrogens with zero attached hydrogens (tertiary/aromatic N) is 4. The Hall–Kier alpha value is -4.40. The van der Waals surface area contributed by atoms with Crippen molar-refractivity contribution in [2.24, 2.45) is 0 Å². The molecule has 0 spiro atoms. The Morgan fingerprint density at radius 3 is 2.72 bits per heavy atom. The van der Waals surface area contributed by atoms with Crippen LogP contribution in [0.25, 0.3) is 22.6 Å². The molecule has 1 aromatic carbocycles. The van der Waals surface area contributed by atoms with E-state index in [1.807, 2.05) is 34.7 Å². The third kappa shape index (κ3) is 4.36. The minimum Gasteiger partial charge on any atom is -0.508 e. The molecule has 4 rings (SSSR count). The van der Waals surface area contributed by atoms with Crippen molar-refractivity contribution in [3.63, 3.8) is 0 Å². The van der Waals surface area contributed by atoms with Crippen molar-refractivity contribution in [1.29, 1.82) is 5.41 Å². The first-order valence-corrected chi connectivity index (χ1v) is 9.91. The van der Waals surface area contributed by atoms with Gasteiger partial charge in [-0.15, -0.1) is 0 Å². The van der Waals surface area contributed by atoms with Gasteiger partial charge in [0.05, 0.1) is 30.3 Å². The lowest BCUT2D eigenvalue weighted by molar-refractivity contribution is 0.405. The first kappa shape index (κ1) is 20.9. The maximum absolute atomic E-state index is 9.63. The second-order valence-corrected chi connectivity index (χ2v) is 6.98. The predicted octanol–water partition coefficient (Wildman–Crippen LogP) is 3.29. The van der Waals surface area contributed by atoms with E-state index in [0.717, 1.165) is 22.5 Å². The third-order valence-corrected chi connectivity index (χ3v) is 4.90. The molecule has 0 atom stereocenters. The maximum Gasteiger partial charge on any atom is 0.215 e. The molecule has 0 aliphatic heterocycles. The molecule has 0 unspecified atom stereocenters. The summed E-state index contributed by atoms with van der Waals surface area (Å²) in [5.74, 6) is 0.949. The van der Waals surface area contributed by atoms with Gasteiger partial charge in [-0.2, -0.15) is 0 Å². The van der Waals surface area contributed by atoms with Crippen LogP contribution in [-0.4, -0.2) is 44.5 Å². The highest BCUT2D eigenvalue weighted by Crippen LogP contribution is 2.23. The van der Waals surface area contributed by atoms with Gasteiger partial charge in [-0.3, -0.25) is 9.81 Å². The van der Waals surface area contributed by atoms with E-state index in [9.17, 15) is 5.11 Å². The van der Waals surface area contributed by atoms with Crippen molar-refractivity contribution >= 4 is 22.9 Å². The molecule has 9 heteroatoms. The van der Waals surface area contributed by atoms with E-state index >= 15 is 0 Å². The lowest BCUT2D eigenvalue weighted by atomic mass is 10.0. The van der Waals surface area contributed by atoms with Gasteiger partial charge >= 0.3 is 0 Å². The van der Waals surface area contributed by atoms with Gasteiger partial charge in [0.2, 0.25) is 5.90 Å². The topological polar surface area (TPSA) is 120 Å². The van der Waals surface area contributed by atoms with Crippen LogP contribution in [-0.2, 0) is 11.3 Å². The summed E-state index contributed by atoms with van der Waals surface area (Å²) >= 11 is 0. The van der Waals surface area contributed by atoms with E-state index in [4.69, 9.17) is 10.1 Å². The van der Waals surface area contributed by atoms with Crippen molar-refractivity contribution in [2.75, 3.05) is 19.5 Å². The molecule has 0 fully saturated rings. The minimum atomic E-state index is 0.0985. The van der Waals surface area contributed by atoms with Crippen LogP contribution < -0.4 is 10.6 Å². The molecule has 0 bridgehead atoms. The summed E-state index contributed by atoms with van der Waals surface area (Å²) in [6.07, 6.45) is 6.71. The fourth-order valence-corrected chi connectivity index (χ4v) is 3.28. The Labute approximate surface area is 185 Å². The summed E-state index contributed by atoms with van der Waals surface area (Å²) in [7, 11) is 3.27. The van der Waals surface area contributed by atoms with Crippen molar-refractivity contribution in [3.8, 4) is 17.1 Å². The molecule has 4 N–H and O–H groups in total. The Kier molecular flexibility index (Phi) is 5.98. The Bertz CT molecular complexity index is 1280. The zero-order valence-electron chi connectivity index (χ0n) is 17.7. The number of nitrogens with one attached hydrogen (secondary N) is 3. The lowest BCUT2D eigenvalue weighted by Gasteiger charge is -2.10. The Morgan fingerprint density at radius 1 is 1.16 bits per heavy atom. The average molecular weight is 429 g/mol. The van der Waals surface area contributed by atoms with E-state index in [0.29, 0.717) is 23.6 Å². The number of rotatable bonds is 7. The highest BCUT2D eigenvalue weighted by molar-refractivity contribution is 6.17. The van der Waals surface area contributed by atoms with Crippen LogP contribution in [0.3, 0.4) is 0 Å². The van der Waals surface area contributed by atoms with Crippen LogP contribution in [0.1, 0.15) is 11.1 Å². The maximum atomic E-state index is 9.63. The zero-order chi connectivity index (χ0) is 22.5. The molecule has 0 saturated heterocycles. The van der Waals surface area contributed by atoms with E-state index in [-0.39, 0.29) is 11.6 Å². The van der Waals surface area contributed by atoms with Crippen LogP contribution in [0.2, 0.25) is 0 Å². The van der Waals surface area contributed by atoms with E-state index < -0.39 is 0 Å². The molecule has 0 aliphatic rings. The van der Waals surface area contributed by atoms with Gasteiger partial charge in [-0.1, -0.05) is 24.3 Å². The van der Waals surface area contributed by atoms with Crippen LogP contribution in [0, 0.1) is 5.41 Å². The number of hydrogen-bond donors (Lipinski definition) is 4. The summed E-state index contributed by atoms with van der Waals surface area (Å²) in [5.41, 5.74) is 4.79. The molecular weight excluding hydrogens is 406 g/mol. The second kappa shape index (κ2) is 9.17. The van der Waals surface area contributed by atoms with Gasteiger partial charge in [0.25, 0.3) is 0 Å².